The van der Waals surface area contributed by atoms with E-state index in [1.807, 2.05) is 0 Å². The fraction of sp³-hybridized carbons (Fsp3) is 0.200. The molecule has 140 valence electrons. The number of hydrogen-bond donors (Lipinski definition) is 0. The summed E-state index contributed by atoms with van der Waals surface area (Å²) in [6.07, 6.45) is -0.901. The minimum atomic E-state index is -0.901. The summed E-state index contributed by atoms with van der Waals surface area (Å²) in [6, 6.07) is 11.6. The fourth-order valence-electron chi connectivity index (χ4n) is 2.49. The average Bonchev–Trinajstić information content (AvgIpc) is 2.66. The molecule has 0 radical (unpaired) electrons. The standard InChI is InChI=1S/C20H17FO6/c1-12(26-15-5-3-14(21)4-6-15)20(23)25-11-13-9-19(22)27-18-10-16(24-2)7-8-17(13)18/h3-10,12H,11H2,1-2H3/t12-/m0/s1. The number of carbonyl (C=O) groups is 1. The molecular weight excluding hydrogens is 355 g/mol. The molecule has 6 nitrogen and oxygen atoms in total. The highest BCUT2D eigenvalue weighted by molar-refractivity contribution is 5.82. The molecule has 0 N–H and O–H groups in total. The van der Waals surface area contributed by atoms with Crippen molar-refractivity contribution in [2.45, 2.75) is 19.6 Å². The number of esters is 1. The molecule has 1 aromatic heterocycles. The van der Waals surface area contributed by atoms with Crippen molar-refractivity contribution in [3.8, 4) is 11.5 Å². The molecule has 0 aliphatic carbocycles. The molecule has 0 amide bonds. The van der Waals surface area contributed by atoms with Crippen molar-refractivity contribution in [1.29, 1.82) is 0 Å². The van der Waals surface area contributed by atoms with Crippen molar-refractivity contribution in [2.24, 2.45) is 0 Å². The lowest BCUT2D eigenvalue weighted by molar-refractivity contribution is -0.152. The van der Waals surface area contributed by atoms with Crippen molar-refractivity contribution < 1.29 is 27.8 Å². The van der Waals surface area contributed by atoms with Gasteiger partial charge in [-0.3, -0.25) is 0 Å². The van der Waals surface area contributed by atoms with Crippen molar-refractivity contribution >= 4 is 16.9 Å². The van der Waals surface area contributed by atoms with Gasteiger partial charge in [0.2, 0.25) is 0 Å². The van der Waals surface area contributed by atoms with Crippen LogP contribution in [0.3, 0.4) is 0 Å². The van der Waals surface area contributed by atoms with Gasteiger partial charge >= 0.3 is 11.6 Å². The van der Waals surface area contributed by atoms with Crippen LogP contribution in [0.1, 0.15) is 12.5 Å². The van der Waals surface area contributed by atoms with Gasteiger partial charge < -0.3 is 18.6 Å². The minimum Gasteiger partial charge on any atom is -0.497 e. The number of rotatable bonds is 6. The normalized spacial score (nSPS) is 11.8. The van der Waals surface area contributed by atoms with Crippen LogP contribution >= 0.6 is 0 Å². The van der Waals surface area contributed by atoms with Crippen LogP contribution in [0.5, 0.6) is 11.5 Å². The van der Waals surface area contributed by atoms with E-state index in [2.05, 4.69) is 0 Å². The van der Waals surface area contributed by atoms with Gasteiger partial charge in [0.15, 0.2) is 6.10 Å². The number of benzene rings is 2. The first kappa shape index (κ1) is 18.4. The molecule has 1 atom stereocenters. The lowest BCUT2D eigenvalue weighted by atomic mass is 10.1. The van der Waals surface area contributed by atoms with E-state index in [1.54, 1.807) is 18.2 Å². The second-order valence-electron chi connectivity index (χ2n) is 5.77. The first-order valence-electron chi connectivity index (χ1n) is 8.16. The molecule has 0 saturated carbocycles. The number of hydrogen-bond acceptors (Lipinski definition) is 6. The van der Waals surface area contributed by atoms with Crippen LogP contribution in [0.15, 0.2) is 57.7 Å². The van der Waals surface area contributed by atoms with Crippen LogP contribution in [-0.4, -0.2) is 19.2 Å². The lowest BCUT2D eigenvalue weighted by Crippen LogP contribution is -2.26. The van der Waals surface area contributed by atoms with Gasteiger partial charge in [-0.05, 0) is 43.3 Å². The lowest BCUT2D eigenvalue weighted by Gasteiger charge is -2.14. The quantitative estimate of drug-likeness (QED) is 0.487. The Morgan fingerprint density at radius 2 is 1.81 bits per heavy atom. The van der Waals surface area contributed by atoms with Gasteiger partial charge in [0.1, 0.15) is 29.5 Å². The van der Waals surface area contributed by atoms with Gasteiger partial charge in [-0.2, -0.15) is 0 Å². The molecule has 0 aliphatic rings. The summed E-state index contributed by atoms with van der Waals surface area (Å²) in [5.74, 6) is -0.127. The average molecular weight is 372 g/mol. The molecular formula is C20H17FO6. The van der Waals surface area contributed by atoms with Crippen LogP contribution in [-0.2, 0) is 16.1 Å². The highest BCUT2D eigenvalue weighted by Gasteiger charge is 2.17. The van der Waals surface area contributed by atoms with Gasteiger partial charge in [0.05, 0.1) is 7.11 Å². The van der Waals surface area contributed by atoms with Gasteiger partial charge in [-0.25, -0.2) is 14.0 Å². The zero-order valence-corrected chi connectivity index (χ0v) is 14.7. The molecule has 0 bridgehead atoms. The van der Waals surface area contributed by atoms with Gasteiger partial charge in [0.25, 0.3) is 0 Å². The van der Waals surface area contributed by atoms with Crippen molar-refractivity contribution in [3.63, 3.8) is 0 Å². The maximum Gasteiger partial charge on any atom is 0.347 e. The van der Waals surface area contributed by atoms with Gasteiger partial charge in [0, 0.05) is 23.1 Å². The monoisotopic (exact) mass is 372 g/mol. The summed E-state index contributed by atoms with van der Waals surface area (Å²) >= 11 is 0. The molecule has 1 heterocycles. The number of ether oxygens (including phenoxy) is 3. The van der Waals surface area contributed by atoms with Crippen LogP contribution < -0.4 is 15.1 Å². The third-order valence-electron chi connectivity index (χ3n) is 3.87. The Kier molecular flexibility index (Phi) is 5.40. The van der Waals surface area contributed by atoms with E-state index in [0.29, 0.717) is 28.0 Å². The summed E-state index contributed by atoms with van der Waals surface area (Å²) in [7, 11) is 1.51. The zero-order chi connectivity index (χ0) is 19.4. The number of methoxy groups -OCH3 is 1. The maximum atomic E-state index is 12.9. The third-order valence-corrected chi connectivity index (χ3v) is 3.87. The molecule has 0 fully saturated rings. The van der Waals surface area contributed by atoms with Crippen molar-refractivity contribution in [3.05, 3.63) is 70.3 Å². The molecule has 0 aliphatic heterocycles. The molecule has 3 rings (SSSR count). The minimum absolute atomic E-state index is 0.121. The van der Waals surface area contributed by atoms with Crippen molar-refractivity contribution in [2.75, 3.05) is 7.11 Å². The second kappa shape index (κ2) is 7.90. The number of fused-ring (bicyclic) bond motifs is 1. The summed E-state index contributed by atoms with van der Waals surface area (Å²) < 4.78 is 33.9. The first-order valence-corrected chi connectivity index (χ1v) is 8.16. The van der Waals surface area contributed by atoms with Crippen LogP contribution in [0.4, 0.5) is 4.39 Å². The molecule has 0 saturated heterocycles. The Morgan fingerprint density at radius 1 is 1.11 bits per heavy atom. The predicted molar refractivity (Wildman–Crippen MR) is 95.3 cm³/mol. The van der Waals surface area contributed by atoms with Crippen LogP contribution in [0, 0.1) is 5.82 Å². The topological polar surface area (TPSA) is 75.0 Å². The smallest absolute Gasteiger partial charge is 0.347 e. The largest absolute Gasteiger partial charge is 0.497 e. The molecule has 0 spiro atoms. The van der Waals surface area contributed by atoms with Gasteiger partial charge in [-0.1, -0.05) is 0 Å². The maximum absolute atomic E-state index is 12.9. The predicted octanol–water partition coefficient (Wildman–Crippen LogP) is 3.45. The second-order valence-corrected chi connectivity index (χ2v) is 5.77. The zero-order valence-electron chi connectivity index (χ0n) is 14.7. The summed E-state index contributed by atoms with van der Waals surface area (Å²) in [6.45, 7) is 1.40. The van der Waals surface area contributed by atoms with Gasteiger partial charge in [-0.15, -0.1) is 0 Å². The Balaban J connectivity index is 1.71. The van der Waals surface area contributed by atoms with Crippen LogP contribution in [0.2, 0.25) is 0 Å². The first-order chi connectivity index (χ1) is 13.0. The van der Waals surface area contributed by atoms with E-state index >= 15 is 0 Å². The van der Waals surface area contributed by atoms with Crippen molar-refractivity contribution in [1.82, 2.24) is 0 Å². The van der Waals surface area contributed by atoms with Crippen LogP contribution in [0.25, 0.3) is 11.0 Å². The third kappa shape index (κ3) is 4.44. The number of halogens is 1. The molecule has 3 aromatic rings. The fourth-order valence-corrected chi connectivity index (χ4v) is 2.49. The SMILES string of the molecule is COc1ccc2c(COC(=O)[C@H](C)Oc3ccc(F)cc3)cc(=O)oc2c1. The van der Waals surface area contributed by atoms with E-state index in [9.17, 15) is 14.0 Å². The Morgan fingerprint density at radius 3 is 2.52 bits per heavy atom. The molecule has 27 heavy (non-hydrogen) atoms. The Bertz CT molecular complexity index is 1010. The molecule has 2 aromatic carbocycles. The van der Waals surface area contributed by atoms with E-state index in [0.717, 1.165) is 0 Å². The summed E-state index contributed by atoms with van der Waals surface area (Å²) in [5, 5.41) is 0.635. The highest BCUT2D eigenvalue weighted by Crippen LogP contribution is 2.23. The molecule has 0 unspecified atom stereocenters. The number of carbonyl (C=O) groups excluding carboxylic acids is 1. The Hall–Kier alpha value is -3.35. The summed E-state index contributed by atoms with van der Waals surface area (Å²) in [4.78, 5) is 23.9. The van der Waals surface area contributed by atoms with E-state index in [-0.39, 0.29) is 6.61 Å². The van der Waals surface area contributed by atoms with E-state index in [1.165, 1.54) is 44.4 Å². The molecule has 7 heteroatoms. The summed E-state index contributed by atoms with van der Waals surface area (Å²) in [5.41, 5.74) is 0.284. The van der Waals surface area contributed by atoms with E-state index in [4.69, 9.17) is 18.6 Å². The highest BCUT2D eigenvalue weighted by atomic mass is 19.1. The van der Waals surface area contributed by atoms with E-state index < -0.39 is 23.5 Å². The Labute approximate surface area is 154 Å².